The van der Waals surface area contributed by atoms with Gasteiger partial charge in [-0.1, -0.05) is 13.8 Å². The summed E-state index contributed by atoms with van der Waals surface area (Å²) < 4.78 is 4.93. The molecule has 1 aliphatic rings. The van der Waals surface area contributed by atoms with Crippen LogP contribution in [0.1, 0.15) is 20.3 Å². The first-order chi connectivity index (χ1) is 7.31. The van der Waals surface area contributed by atoms with E-state index in [1.54, 1.807) is 13.8 Å². The Labute approximate surface area is 93.8 Å². The summed E-state index contributed by atoms with van der Waals surface area (Å²) in [6.07, 6.45) is 0.101. The Balaban J connectivity index is 3.03. The largest absolute Gasteiger partial charge is 0.480 e. The fraction of sp³-hybridized carbons (Fsp3) is 0.727. The minimum atomic E-state index is -1.51. The lowest BCUT2D eigenvalue weighted by molar-refractivity contribution is -0.158. The van der Waals surface area contributed by atoms with Gasteiger partial charge < -0.3 is 9.84 Å². The van der Waals surface area contributed by atoms with Gasteiger partial charge in [0.05, 0.1) is 6.61 Å². The molecule has 1 N–H and O–H groups in total. The number of carbonyl (C=O) groups is 3. The third kappa shape index (κ3) is 2.14. The number of ether oxygens (including phenoxy) is 1. The maximum atomic E-state index is 11.9. The minimum Gasteiger partial charge on any atom is -0.480 e. The Hall–Kier alpha value is -1.23. The van der Waals surface area contributed by atoms with Gasteiger partial charge in [-0.2, -0.15) is 0 Å². The second kappa shape index (κ2) is 4.33. The first-order valence-corrected chi connectivity index (χ1v) is 5.09. The van der Waals surface area contributed by atoms with Crippen LogP contribution in [-0.2, 0) is 19.1 Å². The van der Waals surface area contributed by atoms with Crippen LogP contribution in [-0.4, -0.2) is 36.4 Å². The van der Waals surface area contributed by atoms with Crippen molar-refractivity contribution in [3.8, 4) is 0 Å². The van der Waals surface area contributed by atoms with E-state index in [0.717, 1.165) is 0 Å². The molecule has 0 aromatic carbocycles. The van der Waals surface area contributed by atoms with Gasteiger partial charge in [0.25, 0.3) is 0 Å². The van der Waals surface area contributed by atoms with Crippen LogP contribution in [0.3, 0.4) is 0 Å². The molecule has 1 aliphatic carbocycles. The predicted octanol–water partition coefficient (Wildman–Crippen LogP) is 0.518. The lowest BCUT2D eigenvalue weighted by Crippen LogP contribution is -2.50. The molecule has 0 saturated heterocycles. The first kappa shape index (κ1) is 12.8. The lowest BCUT2D eigenvalue weighted by Gasteiger charge is -2.38. The monoisotopic (exact) mass is 228 g/mol. The number of Topliss-reactive ketones (excluding diaryl/α,β-unsaturated/α-hetero) is 2. The van der Waals surface area contributed by atoms with Crippen LogP contribution in [0.4, 0.5) is 0 Å². The number of rotatable bonds is 3. The van der Waals surface area contributed by atoms with Crippen molar-refractivity contribution in [2.45, 2.75) is 20.3 Å². The van der Waals surface area contributed by atoms with Crippen molar-refractivity contribution >= 4 is 17.5 Å². The molecule has 5 heteroatoms. The van der Waals surface area contributed by atoms with Crippen LogP contribution < -0.4 is 0 Å². The van der Waals surface area contributed by atoms with E-state index < -0.39 is 34.8 Å². The molecule has 2 unspecified atom stereocenters. The van der Waals surface area contributed by atoms with Gasteiger partial charge in [0.15, 0.2) is 17.5 Å². The zero-order chi connectivity index (χ0) is 12.5. The number of ketones is 2. The third-order valence-corrected chi connectivity index (χ3v) is 3.10. The van der Waals surface area contributed by atoms with Crippen LogP contribution in [0.5, 0.6) is 0 Å². The average molecular weight is 228 g/mol. The lowest BCUT2D eigenvalue weighted by atomic mass is 9.64. The number of methoxy groups -OCH3 is 1. The highest BCUT2D eigenvalue weighted by Gasteiger charge is 2.50. The number of carboxylic acid groups (broad SMARTS) is 1. The molecule has 0 radical (unpaired) electrons. The van der Waals surface area contributed by atoms with Crippen LogP contribution in [0.15, 0.2) is 0 Å². The highest BCUT2D eigenvalue weighted by Crippen LogP contribution is 2.39. The van der Waals surface area contributed by atoms with Gasteiger partial charge in [-0.15, -0.1) is 0 Å². The molecule has 90 valence electrons. The summed E-state index contributed by atoms with van der Waals surface area (Å²) in [6, 6.07) is 0. The molecule has 1 saturated carbocycles. The van der Waals surface area contributed by atoms with Gasteiger partial charge in [0.2, 0.25) is 0 Å². The first-order valence-electron chi connectivity index (χ1n) is 5.09. The van der Waals surface area contributed by atoms with Crippen LogP contribution in [0.2, 0.25) is 0 Å². The van der Waals surface area contributed by atoms with Crippen molar-refractivity contribution < 1.29 is 24.2 Å². The second-order valence-corrected chi connectivity index (χ2v) is 4.81. The number of carbonyl (C=O) groups excluding carboxylic acids is 2. The number of aliphatic carboxylic acids is 1. The highest BCUT2D eigenvalue weighted by atomic mass is 16.5. The standard InChI is InChI=1S/C11H16O5/c1-11(2)4-7(12)8(10(14)15)9(13)6(11)5-16-3/h6,8H,4-5H2,1-3H3,(H,14,15). The van der Waals surface area contributed by atoms with E-state index in [-0.39, 0.29) is 13.0 Å². The van der Waals surface area contributed by atoms with Crippen LogP contribution in [0, 0.1) is 17.3 Å². The van der Waals surface area contributed by atoms with E-state index in [4.69, 9.17) is 9.84 Å². The Bertz CT molecular complexity index is 331. The summed E-state index contributed by atoms with van der Waals surface area (Å²) in [5.74, 6) is -4.43. The fourth-order valence-electron chi connectivity index (χ4n) is 2.15. The summed E-state index contributed by atoms with van der Waals surface area (Å²) in [7, 11) is 1.45. The smallest absolute Gasteiger partial charge is 0.321 e. The summed E-state index contributed by atoms with van der Waals surface area (Å²) in [4.78, 5) is 34.3. The van der Waals surface area contributed by atoms with E-state index in [2.05, 4.69) is 0 Å². The number of hydrogen-bond donors (Lipinski definition) is 1. The summed E-state index contributed by atoms with van der Waals surface area (Å²) in [6.45, 7) is 3.72. The Morgan fingerprint density at radius 1 is 1.50 bits per heavy atom. The van der Waals surface area contributed by atoms with Crippen LogP contribution in [0.25, 0.3) is 0 Å². The van der Waals surface area contributed by atoms with Gasteiger partial charge in [0.1, 0.15) is 0 Å². The molecule has 1 fully saturated rings. The molecular formula is C11H16O5. The average Bonchev–Trinajstić information content (AvgIpc) is 2.10. The Kier molecular flexibility index (Phi) is 3.48. The Morgan fingerprint density at radius 3 is 2.50 bits per heavy atom. The quantitative estimate of drug-likeness (QED) is 0.712. The van der Waals surface area contributed by atoms with Crippen molar-refractivity contribution in [2.24, 2.45) is 17.3 Å². The van der Waals surface area contributed by atoms with Gasteiger partial charge in [-0.25, -0.2) is 0 Å². The molecular weight excluding hydrogens is 212 g/mol. The predicted molar refractivity (Wildman–Crippen MR) is 54.9 cm³/mol. The zero-order valence-corrected chi connectivity index (χ0v) is 9.65. The molecule has 1 rings (SSSR count). The highest BCUT2D eigenvalue weighted by molar-refractivity contribution is 6.19. The normalized spacial score (nSPS) is 29.2. The number of carboxylic acids is 1. The molecule has 0 aromatic rings. The van der Waals surface area contributed by atoms with E-state index in [1.807, 2.05) is 0 Å². The Morgan fingerprint density at radius 2 is 2.06 bits per heavy atom. The van der Waals surface area contributed by atoms with Crippen molar-refractivity contribution in [3.63, 3.8) is 0 Å². The van der Waals surface area contributed by atoms with E-state index >= 15 is 0 Å². The molecule has 0 heterocycles. The van der Waals surface area contributed by atoms with E-state index in [0.29, 0.717) is 0 Å². The van der Waals surface area contributed by atoms with Crippen molar-refractivity contribution in [1.82, 2.24) is 0 Å². The third-order valence-electron chi connectivity index (χ3n) is 3.10. The molecule has 16 heavy (non-hydrogen) atoms. The van der Waals surface area contributed by atoms with Gasteiger partial charge in [-0.3, -0.25) is 14.4 Å². The van der Waals surface area contributed by atoms with Crippen molar-refractivity contribution in [3.05, 3.63) is 0 Å². The number of hydrogen-bond acceptors (Lipinski definition) is 4. The molecule has 2 atom stereocenters. The van der Waals surface area contributed by atoms with Crippen molar-refractivity contribution in [2.75, 3.05) is 13.7 Å². The van der Waals surface area contributed by atoms with Crippen LogP contribution >= 0.6 is 0 Å². The second-order valence-electron chi connectivity index (χ2n) is 4.81. The molecule has 5 nitrogen and oxygen atoms in total. The van der Waals surface area contributed by atoms with Gasteiger partial charge in [-0.05, 0) is 5.41 Å². The molecule has 0 bridgehead atoms. The summed E-state index contributed by atoms with van der Waals surface area (Å²) in [5, 5.41) is 8.85. The minimum absolute atomic E-state index is 0.101. The maximum Gasteiger partial charge on any atom is 0.321 e. The molecule has 0 spiro atoms. The van der Waals surface area contributed by atoms with E-state index in [9.17, 15) is 14.4 Å². The zero-order valence-electron chi connectivity index (χ0n) is 9.65. The molecule has 0 amide bonds. The van der Waals surface area contributed by atoms with Gasteiger partial charge >= 0.3 is 5.97 Å². The van der Waals surface area contributed by atoms with Crippen molar-refractivity contribution in [1.29, 1.82) is 0 Å². The molecule has 0 aromatic heterocycles. The van der Waals surface area contributed by atoms with Gasteiger partial charge in [0, 0.05) is 19.4 Å². The molecule has 0 aliphatic heterocycles. The maximum absolute atomic E-state index is 11.9. The van der Waals surface area contributed by atoms with E-state index in [1.165, 1.54) is 7.11 Å². The SMILES string of the molecule is COCC1C(=O)C(C(=O)O)C(=O)CC1(C)C. The fourth-order valence-corrected chi connectivity index (χ4v) is 2.15. The summed E-state index contributed by atoms with van der Waals surface area (Å²) in [5.41, 5.74) is -0.532. The summed E-state index contributed by atoms with van der Waals surface area (Å²) >= 11 is 0. The topological polar surface area (TPSA) is 80.7 Å².